The Kier molecular flexibility index (Phi) is 4.91. The molecule has 0 saturated heterocycles. The zero-order chi connectivity index (χ0) is 10.4. The van der Waals surface area contributed by atoms with Crippen LogP contribution in [0.2, 0.25) is 0 Å². The normalized spacial score (nSPS) is 9.57. The molecule has 0 fully saturated rings. The van der Waals surface area contributed by atoms with Crippen LogP contribution in [0.25, 0.3) is 5.57 Å². The zero-order valence-electron chi connectivity index (χ0n) is 8.49. The summed E-state index contributed by atoms with van der Waals surface area (Å²) >= 11 is 3.51. The van der Waals surface area contributed by atoms with E-state index in [0.29, 0.717) is 0 Å². The number of allylic oxidation sites excluding steroid dienone is 2. The molecule has 0 heterocycles. The minimum atomic E-state index is 1.07. The Morgan fingerprint density at radius 3 is 2.21 bits per heavy atom. The first-order chi connectivity index (χ1) is 6.77. The third-order valence-electron chi connectivity index (χ3n) is 1.84. The summed E-state index contributed by atoms with van der Waals surface area (Å²) in [5.41, 5.74) is 2.26. The molecule has 0 N–H and O–H groups in total. The molecule has 1 aromatic rings. The summed E-state index contributed by atoms with van der Waals surface area (Å²) in [6.07, 6.45) is 6.30. The molecule has 0 aliphatic rings. The van der Waals surface area contributed by atoms with E-state index in [1.807, 2.05) is 18.2 Å². The minimum absolute atomic E-state index is 1.07. The Labute approximate surface area is 94.5 Å². The van der Waals surface area contributed by atoms with Gasteiger partial charge in [0.1, 0.15) is 0 Å². The van der Waals surface area contributed by atoms with Crippen LogP contribution in [-0.2, 0) is 0 Å². The molecular weight excluding hydrogens is 208 g/mol. The highest BCUT2D eigenvalue weighted by Crippen LogP contribution is 2.27. The SMILES string of the molecule is C=C(C=C(SC)SC)c1ccccc1. The van der Waals surface area contributed by atoms with E-state index >= 15 is 0 Å². The summed E-state index contributed by atoms with van der Waals surface area (Å²) < 4.78 is 1.29. The van der Waals surface area contributed by atoms with Crippen molar-refractivity contribution in [1.29, 1.82) is 0 Å². The molecule has 0 atom stereocenters. The third-order valence-corrected chi connectivity index (χ3v) is 3.88. The van der Waals surface area contributed by atoms with Crippen LogP contribution in [0.3, 0.4) is 0 Å². The average molecular weight is 222 g/mol. The molecule has 0 aliphatic carbocycles. The zero-order valence-corrected chi connectivity index (χ0v) is 10.1. The van der Waals surface area contributed by atoms with E-state index in [4.69, 9.17) is 0 Å². The molecule has 0 saturated carbocycles. The summed E-state index contributed by atoms with van der Waals surface area (Å²) in [4.78, 5) is 0. The van der Waals surface area contributed by atoms with Crippen molar-refractivity contribution in [1.82, 2.24) is 0 Å². The van der Waals surface area contributed by atoms with E-state index in [1.54, 1.807) is 23.5 Å². The van der Waals surface area contributed by atoms with E-state index in [0.717, 1.165) is 5.57 Å². The number of hydrogen-bond donors (Lipinski definition) is 0. The Morgan fingerprint density at radius 1 is 1.14 bits per heavy atom. The van der Waals surface area contributed by atoms with Crippen molar-refractivity contribution in [2.24, 2.45) is 0 Å². The Bertz CT molecular complexity index is 319. The quantitative estimate of drug-likeness (QED) is 0.698. The second-order valence-electron chi connectivity index (χ2n) is 2.76. The topological polar surface area (TPSA) is 0 Å². The van der Waals surface area contributed by atoms with Crippen LogP contribution in [0.15, 0.2) is 47.2 Å². The first-order valence-corrected chi connectivity index (χ1v) is 6.77. The van der Waals surface area contributed by atoms with Gasteiger partial charge in [-0.1, -0.05) is 36.9 Å². The van der Waals surface area contributed by atoms with E-state index < -0.39 is 0 Å². The third kappa shape index (κ3) is 3.28. The highest BCUT2D eigenvalue weighted by Gasteiger charge is 1.96. The predicted octanol–water partition coefficient (Wildman–Crippen LogP) is 4.27. The van der Waals surface area contributed by atoms with Gasteiger partial charge in [0.25, 0.3) is 0 Å². The van der Waals surface area contributed by atoms with Crippen LogP contribution in [0.4, 0.5) is 0 Å². The molecule has 0 radical (unpaired) electrons. The van der Waals surface area contributed by atoms with Crippen molar-refractivity contribution >= 4 is 29.1 Å². The van der Waals surface area contributed by atoms with Crippen molar-refractivity contribution in [3.05, 3.63) is 52.8 Å². The van der Waals surface area contributed by atoms with Gasteiger partial charge in [-0.15, -0.1) is 23.5 Å². The maximum absolute atomic E-state index is 4.06. The molecule has 0 aromatic heterocycles. The second-order valence-corrected chi connectivity index (χ2v) is 4.72. The molecule has 1 rings (SSSR count). The van der Waals surface area contributed by atoms with Crippen LogP contribution in [0.5, 0.6) is 0 Å². The van der Waals surface area contributed by atoms with Crippen LogP contribution < -0.4 is 0 Å². The van der Waals surface area contributed by atoms with Crippen molar-refractivity contribution in [3.63, 3.8) is 0 Å². The Hall–Kier alpha value is -0.600. The lowest BCUT2D eigenvalue weighted by molar-refractivity contribution is 1.63. The Balaban J connectivity index is 2.82. The van der Waals surface area contributed by atoms with Crippen LogP contribution >= 0.6 is 23.5 Å². The molecule has 0 aliphatic heterocycles. The van der Waals surface area contributed by atoms with Crippen LogP contribution in [0.1, 0.15) is 5.56 Å². The molecular formula is C12H14S2. The Morgan fingerprint density at radius 2 is 1.71 bits per heavy atom. The molecule has 0 amide bonds. The molecule has 2 heteroatoms. The van der Waals surface area contributed by atoms with Crippen molar-refractivity contribution in [3.8, 4) is 0 Å². The summed E-state index contributed by atoms with van der Waals surface area (Å²) in [6, 6.07) is 10.2. The maximum atomic E-state index is 4.06. The number of benzene rings is 1. The average Bonchev–Trinajstić information content (AvgIpc) is 2.26. The monoisotopic (exact) mass is 222 g/mol. The van der Waals surface area contributed by atoms with E-state index in [-0.39, 0.29) is 0 Å². The molecule has 1 aromatic carbocycles. The van der Waals surface area contributed by atoms with Crippen molar-refractivity contribution in [2.75, 3.05) is 12.5 Å². The largest absolute Gasteiger partial charge is 0.123 e. The van der Waals surface area contributed by atoms with Gasteiger partial charge in [0.05, 0.1) is 0 Å². The first kappa shape index (κ1) is 11.5. The lowest BCUT2D eigenvalue weighted by atomic mass is 10.1. The highest BCUT2D eigenvalue weighted by atomic mass is 32.2. The molecule has 0 bridgehead atoms. The fraction of sp³-hybridized carbons (Fsp3) is 0.167. The second kappa shape index (κ2) is 5.99. The minimum Gasteiger partial charge on any atom is -0.123 e. The molecule has 0 unspecified atom stereocenters. The van der Waals surface area contributed by atoms with Crippen molar-refractivity contribution in [2.45, 2.75) is 0 Å². The van der Waals surface area contributed by atoms with Gasteiger partial charge in [-0.05, 0) is 29.7 Å². The van der Waals surface area contributed by atoms with Crippen LogP contribution in [0, 0.1) is 0 Å². The number of hydrogen-bond acceptors (Lipinski definition) is 2. The maximum Gasteiger partial charge on any atom is 0.0401 e. The van der Waals surface area contributed by atoms with Gasteiger partial charge in [0.2, 0.25) is 0 Å². The standard InChI is InChI=1S/C12H14S2/c1-10(9-12(13-2)14-3)11-7-5-4-6-8-11/h4-9H,1H2,2-3H3. The van der Waals surface area contributed by atoms with Gasteiger partial charge in [-0.2, -0.15) is 0 Å². The lowest BCUT2D eigenvalue weighted by Gasteiger charge is -2.02. The van der Waals surface area contributed by atoms with Crippen LogP contribution in [-0.4, -0.2) is 12.5 Å². The predicted molar refractivity (Wildman–Crippen MR) is 70.6 cm³/mol. The first-order valence-electron chi connectivity index (χ1n) is 4.32. The van der Waals surface area contributed by atoms with E-state index in [1.165, 1.54) is 9.80 Å². The number of thioether (sulfide) groups is 2. The van der Waals surface area contributed by atoms with E-state index in [2.05, 4.69) is 37.3 Å². The highest BCUT2D eigenvalue weighted by molar-refractivity contribution is 8.21. The summed E-state index contributed by atoms with van der Waals surface area (Å²) in [5.74, 6) is 0. The molecule has 74 valence electrons. The molecule has 0 spiro atoms. The summed E-state index contributed by atoms with van der Waals surface area (Å²) in [6.45, 7) is 4.06. The van der Waals surface area contributed by atoms with Crippen molar-refractivity contribution < 1.29 is 0 Å². The van der Waals surface area contributed by atoms with Gasteiger partial charge < -0.3 is 0 Å². The summed E-state index contributed by atoms with van der Waals surface area (Å²) in [7, 11) is 0. The fourth-order valence-corrected chi connectivity index (χ4v) is 2.27. The smallest absolute Gasteiger partial charge is 0.0401 e. The van der Waals surface area contributed by atoms with E-state index in [9.17, 15) is 0 Å². The van der Waals surface area contributed by atoms with Gasteiger partial charge in [0, 0.05) is 4.24 Å². The van der Waals surface area contributed by atoms with Gasteiger partial charge in [-0.25, -0.2) is 0 Å². The lowest BCUT2D eigenvalue weighted by Crippen LogP contribution is -1.78. The van der Waals surface area contributed by atoms with Gasteiger partial charge in [-0.3, -0.25) is 0 Å². The summed E-state index contributed by atoms with van der Waals surface area (Å²) in [5, 5.41) is 0. The number of rotatable bonds is 4. The fourth-order valence-electron chi connectivity index (χ4n) is 1.08. The molecule has 14 heavy (non-hydrogen) atoms. The van der Waals surface area contributed by atoms with Gasteiger partial charge >= 0.3 is 0 Å². The van der Waals surface area contributed by atoms with Gasteiger partial charge in [0.15, 0.2) is 0 Å². The molecule has 0 nitrogen and oxygen atoms in total.